The van der Waals surface area contributed by atoms with Gasteiger partial charge in [0.2, 0.25) is 0 Å². The Kier molecular flexibility index (Phi) is 8.93. The van der Waals surface area contributed by atoms with Crippen LogP contribution in [-0.2, 0) is 0 Å². The van der Waals surface area contributed by atoms with Crippen LogP contribution in [0.15, 0.2) is 134 Å². The normalized spacial score (nSPS) is 10.8. The number of nitrogens with one attached hydrogen (secondary N) is 2. The smallest absolute Gasteiger partial charge is 0.165 e. The Morgan fingerprint density at radius 3 is 1.48 bits per heavy atom. The summed E-state index contributed by atoms with van der Waals surface area (Å²) in [7, 11) is 0. The highest BCUT2D eigenvalue weighted by Crippen LogP contribution is 2.31. The molecular formula is C39H29F2N9. The molecule has 0 atom stereocenters. The second kappa shape index (κ2) is 14.1. The minimum Gasteiger partial charge on any atom is -0.399 e. The van der Waals surface area contributed by atoms with Crippen molar-refractivity contribution in [3.05, 3.63) is 151 Å². The van der Waals surface area contributed by atoms with Gasteiger partial charge in [0.05, 0.1) is 22.2 Å². The number of nitrogens with zero attached hydrogens (tertiary/aromatic N) is 6. The Morgan fingerprint density at radius 1 is 0.520 bits per heavy atom. The number of hydrogen-bond donors (Lipinski definition) is 3. The number of fused-ring (bicyclic) bond motifs is 2. The van der Waals surface area contributed by atoms with Crippen molar-refractivity contribution >= 4 is 50.5 Å². The van der Waals surface area contributed by atoms with E-state index in [0.29, 0.717) is 45.6 Å². The van der Waals surface area contributed by atoms with E-state index in [9.17, 15) is 8.78 Å². The molecule has 8 rings (SSSR count). The summed E-state index contributed by atoms with van der Waals surface area (Å²) in [6.07, 6.45) is 6.76. The second-order valence-corrected chi connectivity index (χ2v) is 11.3. The summed E-state index contributed by atoms with van der Waals surface area (Å²) in [6, 6.07) is 31.6. The molecule has 0 radical (unpaired) electrons. The highest BCUT2D eigenvalue weighted by atomic mass is 19.1. The van der Waals surface area contributed by atoms with E-state index in [1.807, 2.05) is 49.4 Å². The molecule has 244 valence electrons. The van der Waals surface area contributed by atoms with Crippen molar-refractivity contribution in [1.82, 2.24) is 29.9 Å². The van der Waals surface area contributed by atoms with Gasteiger partial charge in [-0.3, -0.25) is 9.97 Å². The predicted molar refractivity (Wildman–Crippen MR) is 194 cm³/mol. The van der Waals surface area contributed by atoms with Crippen LogP contribution in [0.3, 0.4) is 0 Å². The van der Waals surface area contributed by atoms with Gasteiger partial charge >= 0.3 is 0 Å². The Morgan fingerprint density at radius 2 is 0.980 bits per heavy atom. The highest BCUT2D eigenvalue weighted by molar-refractivity contribution is 5.94. The molecule has 9 nitrogen and oxygen atoms in total. The monoisotopic (exact) mass is 661 g/mol. The summed E-state index contributed by atoms with van der Waals surface area (Å²) in [5.74, 6) is 1.15. The maximum atomic E-state index is 14.2. The minimum atomic E-state index is -0.368. The van der Waals surface area contributed by atoms with Crippen LogP contribution < -0.4 is 16.4 Å². The molecule has 4 heterocycles. The number of aryl methyl sites for hydroxylation is 1. The van der Waals surface area contributed by atoms with E-state index in [1.165, 1.54) is 12.1 Å². The van der Waals surface area contributed by atoms with E-state index in [1.54, 1.807) is 79.4 Å². The molecule has 11 heteroatoms. The summed E-state index contributed by atoms with van der Waals surface area (Å²) < 4.78 is 28.4. The number of pyridine rings is 2. The maximum Gasteiger partial charge on any atom is 0.165 e. The van der Waals surface area contributed by atoms with Crippen molar-refractivity contribution in [2.45, 2.75) is 6.92 Å². The number of nitrogens with two attached hydrogens (primary N) is 1. The fourth-order valence-electron chi connectivity index (χ4n) is 5.25. The van der Waals surface area contributed by atoms with Crippen molar-refractivity contribution in [1.29, 1.82) is 0 Å². The number of benzene rings is 4. The minimum absolute atomic E-state index is 0.312. The number of halogens is 2. The van der Waals surface area contributed by atoms with Crippen LogP contribution >= 0.6 is 0 Å². The predicted octanol–water partition coefficient (Wildman–Crippen LogP) is 9.04. The summed E-state index contributed by atoms with van der Waals surface area (Å²) in [5, 5.41) is 8.17. The molecule has 0 amide bonds. The van der Waals surface area contributed by atoms with Gasteiger partial charge in [-0.15, -0.1) is 0 Å². The molecule has 4 aromatic heterocycles. The molecule has 0 unspecified atom stereocenters. The van der Waals surface area contributed by atoms with Gasteiger partial charge < -0.3 is 16.4 Å². The molecule has 0 spiro atoms. The van der Waals surface area contributed by atoms with E-state index in [-0.39, 0.29) is 11.6 Å². The third kappa shape index (κ3) is 7.02. The zero-order valence-corrected chi connectivity index (χ0v) is 26.7. The number of aromatic nitrogens is 6. The maximum absolute atomic E-state index is 14.2. The van der Waals surface area contributed by atoms with Gasteiger partial charge in [0, 0.05) is 52.6 Å². The van der Waals surface area contributed by atoms with Crippen LogP contribution in [0.4, 0.5) is 37.5 Å². The fourth-order valence-corrected chi connectivity index (χ4v) is 5.25. The lowest BCUT2D eigenvalue weighted by atomic mass is 10.1. The van der Waals surface area contributed by atoms with E-state index in [0.717, 1.165) is 33.2 Å². The molecule has 4 aromatic carbocycles. The van der Waals surface area contributed by atoms with Gasteiger partial charge in [0.15, 0.2) is 11.6 Å². The fraction of sp³-hybridized carbons (Fsp3) is 0.0256. The van der Waals surface area contributed by atoms with Crippen molar-refractivity contribution in [2.75, 3.05) is 16.4 Å². The lowest BCUT2D eigenvalue weighted by Crippen LogP contribution is -2.01. The molecule has 0 bridgehead atoms. The summed E-state index contributed by atoms with van der Waals surface area (Å²) in [4.78, 5) is 26.2. The zero-order valence-electron chi connectivity index (χ0n) is 26.7. The average molecular weight is 662 g/mol. The number of rotatable bonds is 6. The van der Waals surface area contributed by atoms with Gasteiger partial charge in [-0.25, -0.2) is 28.7 Å². The van der Waals surface area contributed by atoms with Crippen molar-refractivity contribution in [3.8, 4) is 22.8 Å². The summed E-state index contributed by atoms with van der Waals surface area (Å²) in [5.41, 5.74) is 11.5. The van der Waals surface area contributed by atoms with E-state index >= 15 is 0 Å². The first kappa shape index (κ1) is 31.7. The molecule has 0 aliphatic carbocycles. The summed E-state index contributed by atoms with van der Waals surface area (Å²) in [6.45, 7) is 2.01. The van der Waals surface area contributed by atoms with Crippen LogP contribution in [0.2, 0.25) is 0 Å². The van der Waals surface area contributed by atoms with E-state index < -0.39 is 0 Å². The van der Waals surface area contributed by atoms with E-state index in [2.05, 4.69) is 40.5 Å². The van der Waals surface area contributed by atoms with Crippen LogP contribution in [0.25, 0.3) is 44.6 Å². The van der Waals surface area contributed by atoms with Crippen molar-refractivity contribution in [2.24, 2.45) is 0 Å². The van der Waals surface area contributed by atoms with Crippen LogP contribution in [0.5, 0.6) is 0 Å². The quantitative estimate of drug-likeness (QED) is 0.150. The Balaban J connectivity index is 0.000000157. The zero-order chi connectivity index (χ0) is 34.5. The molecule has 4 N–H and O–H groups in total. The van der Waals surface area contributed by atoms with Gasteiger partial charge in [0.25, 0.3) is 0 Å². The van der Waals surface area contributed by atoms with Gasteiger partial charge in [0.1, 0.15) is 23.3 Å². The molecule has 50 heavy (non-hydrogen) atoms. The number of anilines is 5. The third-order valence-corrected chi connectivity index (χ3v) is 7.69. The number of nitrogen functional groups attached to an aromatic ring is 1. The van der Waals surface area contributed by atoms with Crippen LogP contribution in [0, 0.1) is 18.6 Å². The highest BCUT2D eigenvalue weighted by Gasteiger charge is 2.14. The van der Waals surface area contributed by atoms with Crippen molar-refractivity contribution < 1.29 is 8.78 Å². The molecule has 8 aromatic rings. The SMILES string of the molecule is Cc1ccc2nc(-c3ccccc3F)nc(Nc3ccncc3)c2c1.Nc1ccc2nc(-c3ccccc3F)nc(Nc3ccncc3)c2c1. The van der Waals surface area contributed by atoms with Gasteiger partial charge in [-0.2, -0.15) is 0 Å². The molecule has 0 aliphatic heterocycles. The van der Waals surface area contributed by atoms with Gasteiger partial charge in [-0.05, 0) is 85.8 Å². The second-order valence-electron chi connectivity index (χ2n) is 11.3. The standard InChI is InChI=1S/C20H15FN4.C19H14FN5/c1-13-6-7-18-16(12-13)20(23-14-8-10-22-11-9-14)25-19(24-18)15-4-2-3-5-17(15)21;20-16-4-2-1-3-14(16)18-24-17-6-5-12(21)11-15(17)19(25-18)23-13-7-9-22-10-8-13/h2-12H,1H3,(H,22,23,24,25);1-11H,21H2,(H,22,23,24,25). The van der Waals surface area contributed by atoms with Crippen molar-refractivity contribution in [3.63, 3.8) is 0 Å². The summed E-state index contributed by atoms with van der Waals surface area (Å²) >= 11 is 0. The molecular weight excluding hydrogens is 632 g/mol. The first-order chi connectivity index (χ1) is 24.4. The Labute approximate surface area is 286 Å². The largest absolute Gasteiger partial charge is 0.399 e. The molecule has 0 saturated heterocycles. The lowest BCUT2D eigenvalue weighted by molar-refractivity contribution is 0.629. The van der Waals surface area contributed by atoms with Gasteiger partial charge in [-0.1, -0.05) is 35.9 Å². The number of hydrogen-bond acceptors (Lipinski definition) is 9. The topological polar surface area (TPSA) is 127 Å². The first-order valence-corrected chi connectivity index (χ1v) is 15.6. The third-order valence-electron chi connectivity index (χ3n) is 7.69. The molecule has 0 saturated carbocycles. The molecule has 0 aliphatic rings. The Hall–Kier alpha value is -6.88. The van der Waals surface area contributed by atoms with Crippen LogP contribution in [0.1, 0.15) is 5.56 Å². The molecule has 0 fully saturated rings. The van der Waals surface area contributed by atoms with Crippen LogP contribution in [-0.4, -0.2) is 29.9 Å². The first-order valence-electron chi connectivity index (χ1n) is 15.6. The average Bonchev–Trinajstić information content (AvgIpc) is 3.13. The lowest BCUT2D eigenvalue weighted by Gasteiger charge is -2.12. The van der Waals surface area contributed by atoms with E-state index in [4.69, 9.17) is 5.73 Å². The Bertz CT molecular complexity index is 2270.